The first-order chi connectivity index (χ1) is 50.9. The van der Waals surface area contributed by atoms with E-state index < -0.39 is 155 Å². The predicted octanol–water partition coefficient (Wildman–Crippen LogP) is 11.9. The van der Waals surface area contributed by atoms with Crippen molar-refractivity contribution in [2.75, 3.05) is 26.4 Å². The standard InChI is InChI=1S/C82H152N2O21/c1-4-6-8-10-12-14-16-18-20-22-24-26-28-29-30-31-32-34-36-38-40-42-44-46-48-50-52-54-56-69(92)84-63(64(89)55-53-51-49-47-45-43-41-39-37-35-33-27-25-23-21-19-17-15-13-11-9-7-5-2)61-100-79-74(96)73(95)76(68(60-87)102-79)103-80-75(97)78(72(94)67(59-86)101-80)105-82(81(98)99)57-65(90)70(83-62(3)88)77(104-82)71(93)66(91)58-85/h29-30,53,55,63-68,70-80,85-87,89-91,93-97H,4-28,31-52,54,56-61H2,1-3H3,(H,83,88)(H,84,92)(H,98,99)/b30-29-,55-53+. The van der Waals surface area contributed by atoms with Gasteiger partial charge in [-0.25, -0.2) is 4.79 Å². The lowest BCUT2D eigenvalue weighted by molar-refractivity contribution is -0.386. The molecule has 0 spiro atoms. The number of nitrogens with one attached hydrogen (secondary N) is 2. The number of carboxylic acid groups (broad SMARTS) is 1. The molecule has 23 heteroatoms. The van der Waals surface area contributed by atoms with E-state index >= 15 is 0 Å². The van der Waals surface area contributed by atoms with Gasteiger partial charge in [-0.05, 0) is 44.9 Å². The molecular weight excluding hydrogens is 1350 g/mol. The second-order valence-corrected chi connectivity index (χ2v) is 30.7. The maximum atomic E-state index is 13.6. The van der Waals surface area contributed by atoms with E-state index in [1.807, 2.05) is 6.08 Å². The van der Waals surface area contributed by atoms with E-state index in [1.54, 1.807) is 6.08 Å². The topological polar surface area (TPSA) is 373 Å². The fourth-order valence-corrected chi connectivity index (χ4v) is 14.7. The van der Waals surface area contributed by atoms with Gasteiger partial charge in [0, 0.05) is 19.8 Å². The number of hydrogen-bond donors (Lipinski definition) is 14. The van der Waals surface area contributed by atoms with Crippen molar-refractivity contribution in [1.29, 1.82) is 0 Å². The summed E-state index contributed by atoms with van der Waals surface area (Å²) < 4.78 is 34.9. The number of hydrogen-bond acceptors (Lipinski definition) is 20. The van der Waals surface area contributed by atoms with Crippen LogP contribution in [0.1, 0.15) is 342 Å². The molecule has 23 nitrogen and oxygen atoms in total. The quantitative estimate of drug-likeness (QED) is 0.0199. The molecule has 105 heavy (non-hydrogen) atoms. The summed E-state index contributed by atoms with van der Waals surface area (Å²) in [6.45, 7) is 2.20. The van der Waals surface area contributed by atoms with Crippen LogP contribution in [-0.2, 0) is 42.8 Å². The van der Waals surface area contributed by atoms with Crippen LogP contribution in [0.3, 0.4) is 0 Å². The molecule has 0 saturated carbocycles. The first kappa shape index (κ1) is 96.4. The maximum Gasteiger partial charge on any atom is 0.364 e. The van der Waals surface area contributed by atoms with Crippen molar-refractivity contribution < 1.29 is 104 Å². The number of amides is 2. The van der Waals surface area contributed by atoms with Crippen LogP contribution in [0.15, 0.2) is 24.3 Å². The Morgan fingerprint density at radius 1 is 0.495 bits per heavy atom. The lowest BCUT2D eigenvalue weighted by atomic mass is 9.88. The molecule has 18 unspecified atom stereocenters. The smallest absolute Gasteiger partial charge is 0.364 e. The molecule has 3 saturated heterocycles. The van der Waals surface area contributed by atoms with Gasteiger partial charge in [0.05, 0.1) is 50.7 Å². The van der Waals surface area contributed by atoms with E-state index in [-0.39, 0.29) is 12.3 Å². The molecule has 3 heterocycles. The van der Waals surface area contributed by atoms with Crippen LogP contribution >= 0.6 is 0 Å². The summed E-state index contributed by atoms with van der Waals surface area (Å²) in [5.74, 6) is -6.14. The Hall–Kier alpha value is -2.79. The third-order valence-corrected chi connectivity index (χ3v) is 21.4. The van der Waals surface area contributed by atoms with E-state index in [1.165, 1.54) is 250 Å². The summed E-state index contributed by atoms with van der Waals surface area (Å²) in [5, 5.41) is 137. The van der Waals surface area contributed by atoms with E-state index in [0.717, 1.165) is 51.9 Å². The lowest BCUT2D eigenvalue weighted by Crippen LogP contribution is -2.70. The zero-order valence-corrected chi connectivity index (χ0v) is 65.3. The van der Waals surface area contributed by atoms with Crippen molar-refractivity contribution in [3.63, 3.8) is 0 Å². The highest BCUT2D eigenvalue weighted by Crippen LogP contribution is 2.39. The van der Waals surface area contributed by atoms with Crippen molar-refractivity contribution in [1.82, 2.24) is 10.6 Å². The van der Waals surface area contributed by atoms with Gasteiger partial charge >= 0.3 is 5.97 Å². The minimum atomic E-state index is -3.08. The minimum absolute atomic E-state index is 0.202. The number of aliphatic hydroxyl groups excluding tert-OH is 11. The van der Waals surface area contributed by atoms with Gasteiger partial charge in [-0.3, -0.25) is 9.59 Å². The fourth-order valence-electron chi connectivity index (χ4n) is 14.7. The Morgan fingerprint density at radius 2 is 0.895 bits per heavy atom. The highest BCUT2D eigenvalue weighted by Gasteiger charge is 2.60. The largest absolute Gasteiger partial charge is 0.477 e. The molecule has 2 amide bonds. The molecule has 0 aromatic heterocycles. The molecule has 0 aromatic rings. The molecule has 616 valence electrons. The van der Waals surface area contributed by atoms with Crippen LogP contribution in [0.2, 0.25) is 0 Å². The van der Waals surface area contributed by atoms with Crippen molar-refractivity contribution in [2.45, 2.75) is 452 Å². The van der Waals surface area contributed by atoms with Crippen LogP contribution in [0.4, 0.5) is 0 Å². The van der Waals surface area contributed by atoms with E-state index in [9.17, 15) is 75.7 Å². The van der Waals surface area contributed by atoms with Crippen molar-refractivity contribution in [2.24, 2.45) is 0 Å². The number of carboxylic acids is 1. The molecule has 3 fully saturated rings. The van der Waals surface area contributed by atoms with Gasteiger partial charge in [-0.15, -0.1) is 0 Å². The van der Waals surface area contributed by atoms with Crippen LogP contribution in [0, 0.1) is 0 Å². The molecule has 0 aliphatic carbocycles. The molecule has 0 radical (unpaired) electrons. The summed E-state index contributed by atoms with van der Waals surface area (Å²) >= 11 is 0. The number of unbranched alkanes of at least 4 members (excludes halogenated alkanes) is 45. The third-order valence-electron chi connectivity index (χ3n) is 21.4. The molecule has 3 aliphatic heterocycles. The van der Waals surface area contributed by atoms with Crippen LogP contribution < -0.4 is 10.6 Å². The second kappa shape index (κ2) is 60.9. The summed E-state index contributed by atoms with van der Waals surface area (Å²) in [6.07, 6.45) is 39.3. The first-order valence-electron chi connectivity index (χ1n) is 42.2. The van der Waals surface area contributed by atoms with Gasteiger partial charge < -0.3 is 100 Å². The average molecular weight is 1500 g/mol. The average Bonchev–Trinajstić information content (AvgIpc) is 0.754. The monoisotopic (exact) mass is 1500 g/mol. The van der Waals surface area contributed by atoms with E-state index in [2.05, 4.69) is 36.6 Å². The number of carbonyl (C=O) groups is 3. The van der Waals surface area contributed by atoms with Gasteiger partial charge in [-0.1, -0.05) is 301 Å². The Bertz CT molecular complexity index is 2180. The summed E-state index contributed by atoms with van der Waals surface area (Å²) in [7, 11) is 0. The Labute approximate surface area is 632 Å². The minimum Gasteiger partial charge on any atom is -0.477 e. The zero-order chi connectivity index (χ0) is 76.7. The van der Waals surface area contributed by atoms with E-state index in [4.69, 9.17) is 28.4 Å². The van der Waals surface area contributed by atoms with Gasteiger partial charge in [0.1, 0.15) is 67.1 Å². The molecule has 0 aromatic carbocycles. The third kappa shape index (κ3) is 40.8. The van der Waals surface area contributed by atoms with E-state index in [0.29, 0.717) is 12.8 Å². The summed E-state index contributed by atoms with van der Waals surface area (Å²) in [6, 6.07) is -2.62. The highest BCUT2D eigenvalue weighted by atomic mass is 16.8. The van der Waals surface area contributed by atoms with Gasteiger partial charge in [0.2, 0.25) is 11.8 Å². The summed E-state index contributed by atoms with van der Waals surface area (Å²) in [4.78, 5) is 38.7. The molecule has 3 rings (SSSR count). The SMILES string of the molecule is CCCCCCCCCCCCCC/C=C\CCCCCCCCCCCCCCC(=O)NC(COC1OC(CO)C(OC2OC(CO)C(O)C(OC3(C(=O)O)CC(O)C(NC(C)=O)C(C(O)C(O)CO)O3)C2O)C(O)C1O)C(O)/C=C/CCCCCCCCCCCCCCCCCCCCCCC. The molecule has 14 N–H and O–H groups in total. The Kier molecular flexibility index (Phi) is 55.9. The Balaban J connectivity index is 1.50. The van der Waals surface area contributed by atoms with Crippen molar-refractivity contribution in [3.8, 4) is 0 Å². The number of rotatable bonds is 67. The van der Waals surface area contributed by atoms with Crippen LogP contribution in [0.25, 0.3) is 0 Å². The van der Waals surface area contributed by atoms with Crippen molar-refractivity contribution >= 4 is 17.8 Å². The number of aliphatic carboxylic acids is 1. The maximum absolute atomic E-state index is 13.6. The van der Waals surface area contributed by atoms with Crippen LogP contribution in [-0.4, -0.2) is 215 Å². The van der Waals surface area contributed by atoms with Crippen molar-refractivity contribution in [3.05, 3.63) is 24.3 Å². The van der Waals surface area contributed by atoms with Gasteiger partial charge in [0.15, 0.2) is 12.6 Å². The normalized spacial score (nSPS) is 26.3. The van der Waals surface area contributed by atoms with Gasteiger partial charge in [-0.2, -0.15) is 0 Å². The molecule has 3 aliphatic rings. The fraction of sp³-hybridized carbons (Fsp3) is 0.915. The number of aliphatic hydroxyl groups is 11. The molecule has 18 atom stereocenters. The summed E-state index contributed by atoms with van der Waals surface area (Å²) in [5.41, 5.74) is 0. The number of ether oxygens (including phenoxy) is 6. The number of allylic oxidation sites excluding steroid dienone is 3. The zero-order valence-electron chi connectivity index (χ0n) is 65.3. The molecule has 0 bridgehead atoms. The second-order valence-electron chi connectivity index (χ2n) is 30.7. The lowest BCUT2D eigenvalue weighted by Gasteiger charge is -2.50. The highest BCUT2D eigenvalue weighted by molar-refractivity contribution is 5.77. The first-order valence-corrected chi connectivity index (χ1v) is 42.2. The predicted molar refractivity (Wildman–Crippen MR) is 408 cm³/mol. The molecular formula is C82H152N2O21. The number of carbonyl (C=O) groups excluding carboxylic acids is 2. The van der Waals surface area contributed by atoms with Gasteiger partial charge in [0.25, 0.3) is 5.79 Å². The Morgan fingerprint density at radius 3 is 1.30 bits per heavy atom. The van der Waals surface area contributed by atoms with Crippen LogP contribution in [0.5, 0.6) is 0 Å².